The fourth-order valence-corrected chi connectivity index (χ4v) is 8.52. The third kappa shape index (κ3) is 2.08. The monoisotopic (exact) mass is 548 g/mol. The molecule has 6 heteroatoms. The third-order valence-electron chi connectivity index (χ3n) is 10.1. The summed E-state index contributed by atoms with van der Waals surface area (Å²) in [5, 5.41) is 12.2. The molecule has 6 nitrogen and oxygen atoms in total. The number of benzene rings is 7. The summed E-state index contributed by atoms with van der Waals surface area (Å²) in [4.78, 5) is 38.1. The van der Waals surface area contributed by atoms with Gasteiger partial charge in [-0.3, -0.25) is 18.4 Å². The summed E-state index contributed by atoms with van der Waals surface area (Å²) in [6.45, 7) is 0. The van der Waals surface area contributed by atoms with Gasteiger partial charge in [-0.1, -0.05) is 36.4 Å². The Morgan fingerprint density at radius 2 is 0.907 bits per heavy atom. The summed E-state index contributed by atoms with van der Waals surface area (Å²) in [5.41, 5.74) is 7.10. The molecule has 11 aromatic rings. The van der Waals surface area contributed by atoms with Gasteiger partial charge in [0.1, 0.15) is 11.3 Å². The fraction of sp³-hybridized carbons (Fsp3) is 0.0270. The van der Waals surface area contributed by atoms with Crippen LogP contribution in [0.5, 0.6) is 0 Å². The zero-order valence-corrected chi connectivity index (χ0v) is 22.4. The highest BCUT2D eigenvalue weighted by atomic mass is 16.1. The van der Waals surface area contributed by atoms with Crippen molar-refractivity contribution in [1.29, 1.82) is 0 Å². The number of para-hydroxylation sites is 4. The van der Waals surface area contributed by atoms with Crippen LogP contribution in [0.2, 0.25) is 0 Å². The summed E-state index contributed by atoms with van der Waals surface area (Å²) in [5.74, 6) is 0. The van der Waals surface area contributed by atoms with Crippen LogP contribution in [0, 0.1) is 0 Å². The SMILES string of the molecule is O=c1c2ccc3c4ccc5c(=O)n6c7ccccc7nc6c6cc7c(c8c(cc(c2c38)c2nc3ccccc3n12)C7)c4c56. The van der Waals surface area contributed by atoms with E-state index >= 15 is 0 Å². The molecule has 0 amide bonds. The Kier molecular flexibility index (Phi) is 3.14. The number of aromatic nitrogens is 4. The van der Waals surface area contributed by atoms with E-state index in [4.69, 9.17) is 9.97 Å². The van der Waals surface area contributed by atoms with Crippen molar-refractivity contribution in [2.45, 2.75) is 6.42 Å². The van der Waals surface area contributed by atoms with Crippen molar-refractivity contribution in [1.82, 2.24) is 18.8 Å². The van der Waals surface area contributed by atoms with Crippen LogP contribution in [0.15, 0.2) is 94.5 Å². The Bertz CT molecular complexity index is 3030. The van der Waals surface area contributed by atoms with Crippen LogP contribution in [0.3, 0.4) is 0 Å². The molecule has 0 aliphatic heterocycles. The Hall–Kier alpha value is -5.88. The Labute approximate surface area is 239 Å². The number of hydrogen-bond acceptors (Lipinski definition) is 4. The van der Waals surface area contributed by atoms with E-state index in [1.807, 2.05) is 60.7 Å². The molecule has 0 fully saturated rings. The average molecular weight is 549 g/mol. The minimum absolute atomic E-state index is 0.0403. The van der Waals surface area contributed by atoms with Gasteiger partial charge >= 0.3 is 0 Å². The first kappa shape index (κ1) is 20.9. The highest BCUT2D eigenvalue weighted by Crippen LogP contribution is 2.51. The van der Waals surface area contributed by atoms with Gasteiger partial charge in [-0.05, 0) is 98.4 Å². The second-order valence-corrected chi connectivity index (χ2v) is 12.0. The van der Waals surface area contributed by atoms with Gasteiger partial charge in [0.05, 0.1) is 22.1 Å². The molecule has 0 unspecified atom stereocenters. The maximum absolute atomic E-state index is 14.1. The van der Waals surface area contributed by atoms with E-state index in [9.17, 15) is 9.59 Å². The fourth-order valence-electron chi connectivity index (χ4n) is 8.52. The van der Waals surface area contributed by atoms with Crippen molar-refractivity contribution in [3.8, 4) is 0 Å². The van der Waals surface area contributed by atoms with Gasteiger partial charge in [-0.15, -0.1) is 0 Å². The molecule has 0 saturated carbocycles. The number of pyridine rings is 2. The summed E-state index contributed by atoms with van der Waals surface area (Å²) >= 11 is 0. The standard InChI is InChI=1S/C37H16N4O2/c42-36-20-11-9-18-19-10-12-21-31-23(35-39-25-6-2-4-8-27(25)41(35)37(21)43)15-17-13-16-14-22(30(20)32(18)28(16)29(17)33(19)31)34-38-24-5-1-3-7-26(24)40(34)36/h1-12,14-15H,13H2. The van der Waals surface area contributed by atoms with Gasteiger partial charge in [0.2, 0.25) is 0 Å². The van der Waals surface area contributed by atoms with Crippen molar-refractivity contribution in [3.05, 3.63) is 117 Å². The van der Waals surface area contributed by atoms with Gasteiger partial charge in [0.15, 0.2) is 0 Å². The van der Waals surface area contributed by atoms with Crippen LogP contribution in [0.1, 0.15) is 11.1 Å². The molecule has 43 heavy (non-hydrogen) atoms. The highest BCUT2D eigenvalue weighted by molar-refractivity contribution is 6.42. The van der Waals surface area contributed by atoms with Crippen molar-refractivity contribution in [2.75, 3.05) is 0 Å². The lowest BCUT2D eigenvalue weighted by Crippen LogP contribution is -2.14. The van der Waals surface area contributed by atoms with Gasteiger partial charge in [0.25, 0.3) is 11.1 Å². The largest absolute Gasteiger partial charge is 0.268 e. The van der Waals surface area contributed by atoms with Gasteiger partial charge in [0, 0.05) is 32.3 Å². The van der Waals surface area contributed by atoms with E-state index in [1.54, 1.807) is 8.80 Å². The van der Waals surface area contributed by atoms with Gasteiger partial charge in [-0.2, -0.15) is 0 Å². The second kappa shape index (κ2) is 6.45. The predicted molar refractivity (Wildman–Crippen MR) is 173 cm³/mol. The summed E-state index contributed by atoms with van der Waals surface area (Å²) in [6.07, 6.45) is 0.770. The lowest BCUT2D eigenvalue weighted by Gasteiger charge is -2.18. The molecule has 1 aliphatic carbocycles. The molecule has 4 heterocycles. The average Bonchev–Trinajstić information content (AvgIpc) is 3.73. The molecule has 1 aliphatic rings. The zero-order chi connectivity index (χ0) is 27.9. The Morgan fingerprint density at radius 1 is 0.465 bits per heavy atom. The minimum atomic E-state index is -0.0403. The molecule has 7 aromatic carbocycles. The number of fused-ring (bicyclic) bond motifs is 9. The Morgan fingerprint density at radius 3 is 1.40 bits per heavy atom. The van der Waals surface area contributed by atoms with Gasteiger partial charge in [-0.25, -0.2) is 9.97 Å². The summed E-state index contributed by atoms with van der Waals surface area (Å²) in [7, 11) is 0. The first-order chi connectivity index (χ1) is 21.2. The molecular weight excluding hydrogens is 532 g/mol. The number of nitrogens with zero attached hydrogens (tertiary/aromatic N) is 4. The van der Waals surface area contributed by atoms with E-state index in [2.05, 4.69) is 24.3 Å². The zero-order valence-electron chi connectivity index (χ0n) is 22.4. The molecule has 0 spiro atoms. The van der Waals surface area contributed by atoms with Crippen molar-refractivity contribution in [2.24, 2.45) is 0 Å². The molecule has 0 saturated heterocycles. The predicted octanol–water partition coefficient (Wildman–Crippen LogP) is 7.15. The maximum Gasteiger partial charge on any atom is 0.264 e. The summed E-state index contributed by atoms with van der Waals surface area (Å²) < 4.78 is 3.56. The van der Waals surface area contributed by atoms with E-state index in [0.29, 0.717) is 22.1 Å². The summed E-state index contributed by atoms with van der Waals surface area (Å²) in [6, 6.07) is 28.4. The van der Waals surface area contributed by atoms with Crippen LogP contribution < -0.4 is 11.1 Å². The van der Waals surface area contributed by atoms with Crippen molar-refractivity contribution < 1.29 is 0 Å². The molecule has 0 N–H and O–H groups in total. The minimum Gasteiger partial charge on any atom is -0.268 e. The quantitative estimate of drug-likeness (QED) is 0.149. The first-order valence-electron chi connectivity index (χ1n) is 14.5. The van der Waals surface area contributed by atoms with Gasteiger partial charge < -0.3 is 0 Å². The molecule has 0 radical (unpaired) electrons. The highest BCUT2D eigenvalue weighted by Gasteiger charge is 2.29. The lowest BCUT2D eigenvalue weighted by atomic mass is 9.86. The number of imidazole rings is 2. The molecular formula is C37H16N4O2. The topological polar surface area (TPSA) is 68.7 Å². The van der Waals surface area contributed by atoms with E-state index < -0.39 is 0 Å². The van der Waals surface area contributed by atoms with Crippen LogP contribution >= 0.6 is 0 Å². The molecule has 196 valence electrons. The normalized spacial score (nSPS) is 13.7. The maximum atomic E-state index is 14.1. The smallest absolute Gasteiger partial charge is 0.264 e. The molecule has 0 bridgehead atoms. The van der Waals surface area contributed by atoms with E-state index in [-0.39, 0.29) is 11.1 Å². The Balaban J connectivity index is 1.38. The first-order valence-corrected chi connectivity index (χ1v) is 14.5. The number of hydrogen-bond donors (Lipinski definition) is 0. The van der Waals surface area contributed by atoms with Crippen molar-refractivity contribution in [3.63, 3.8) is 0 Å². The second-order valence-electron chi connectivity index (χ2n) is 12.0. The molecule has 4 aromatic heterocycles. The van der Waals surface area contributed by atoms with Crippen LogP contribution in [-0.4, -0.2) is 18.8 Å². The molecule has 12 rings (SSSR count). The van der Waals surface area contributed by atoms with Crippen LogP contribution in [-0.2, 0) is 6.42 Å². The van der Waals surface area contributed by atoms with Crippen LogP contribution in [0.4, 0.5) is 0 Å². The van der Waals surface area contributed by atoms with E-state index in [0.717, 1.165) is 71.6 Å². The number of rotatable bonds is 0. The third-order valence-corrected chi connectivity index (χ3v) is 10.1. The molecule has 0 atom stereocenters. The van der Waals surface area contributed by atoms with Crippen molar-refractivity contribution >= 4 is 98.0 Å². The lowest BCUT2D eigenvalue weighted by molar-refractivity contribution is 1.19. The van der Waals surface area contributed by atoms with Crippen LogP contribution in [0.25, 0.3) is 98.0 Å². The van der Waals surface area contributed by atoms with E-state index in [1.165, 1.54) is 21.9 Å².